The van der Waals surface area contributed by atoms with Crippen LogP contribution in [0.4, 0.5) is 5.82 Å². The molecule has 1 saturated carbocycles. The molecule has 0 aliphatic heterocycles. The van der Waals surface area contributed by atoms with E-state index in [9.17, 15) is 4.79 Å². The van der Waals surface area contributed by atoms with E-state index in [1.54, 1.807) is 4.40 Å². The molecule has 0 atom stereocenters. The number of nitrogens with zero attached hydrogens (tertiary/aromatic N) is 4. The number of anilines is 1. The maximum absolute atomic E-state index is 11.2. The number of carbonyl (C=O) groups excluding carboxylic acids is 1. The largest absolute Gasteiger partial charge is 0.382 e. The van der Waals surface area contributed by atoms with Gasteiger partial charge in [-0.25, -0.2) is 9.97 Å². The number of hydrogen-bond donors (Lipinski definition) is 1. The molecule has 0 unspecified atom stereocenters. The van der Waals surface area contributed by atoms with Gasteiger partial charge >= 0.3 is 0 Å². The maximum Gasteiger partial charge on any atom is 0.170 e. The summed E-state index contributed by atoms with van der Waals surface area (Å²) >= 11 is 0. The Bertz CT molecular complexity index is 1120. The van der Waals surface area contributed by atoms with Gasteiger partial charge in [-0.05, 0) is 30.7 Å². The first-order valence-corrected chi connectivity index (χ1v) is 8.74. The van der Waals surface area contributed by atoms with Crippen LogP contribution in [-0.2, 0) is 7.05 Å². The van der Waals surface area contributed by atoms with E-state index < -0.39 is 0 Å². The molecule has 132 valence electrons. The highest BCUT2D eigenvalue weighted by molar-refractivity contribution is 5.87. The SMILES string of the molecule is C1CC1.Cc1c(-c2ccc3nc(N)c(C=O)n3c2)cnc2c1ccn2C. The number of hydrogen-bond acceptors (Lipinski definition) is 4. The van der Waals surface area contributed by atoms with E-state index in [0.717, 1.165) is 34.0 Å². The summed E-state index contributed by atoms with van der Waals surface area (Å²) in [5.74, 6) is 0.241. The van der Waals surface area contributed by atoms with Gasteiger partial charge in [0.2, 0.25) is 0 Å². The van der Waals surface area contributed by atoms with Gasteiger partial charge in [0.05, 0.1) is 0 Å². The predicted molar refractivity (Wildman–Crippen MR) is 103 cm³/mol. The zero-order valence-corrected chi connectivity index (χ0v) is 14.9. The van der Waals surface area contributed by atoms with E-state index in [2.05, 4.69) is 23.0 Å². The summed E-state index contributed by atoms with van der Waals surface area (Å²) in [5.41, 5.74) is 10.9. The third-order valence-corrected chi connectivity index (χ3v) is 4.62. The summed E-state index contributed by atoms with van der Waals surface area (Å²) in [4.78, 5) is 20.0. The van der Waals surface area contributed by atoms with Crippen molar-refractivity contribution in [2.24, 2.45) is 7.05 Å². The Kier molecular flexibility index (Phi) is 3.95. The normalized spacial score (nSPS) is 12.8. The molecule has 1 aliphatic carbocycles. The van der Waals surface area contributed by atoms with Crippen LogP contribution in [0.5, 0.6) is 0 Å². The van der Waals surface area contributed by atoms with Crippen molar-refractivity contribution < 1.29 is 4.79 Å². The highest BCUT2D eigenvalue weighted by atomic mass is 16.1. The molecular formula is C20H21N5O. The monoisotopic (exact) mass is 347 g/mol. The molecule has 1 aliphatic rings. The van der Waals surface area contributed by atoms with Crippen LogP contribution in [0.1, 0.15) is 35.3 Å². The van der Waals surface area contributed by atoms with Crippen molar-refractivity contribution in [3.05, 3.63) is 48.0 Å². The molecule has 2 N–H and O–H groups in total. The smallest absolute Gasteiger partial charge is 0.170 e. The number of aromatic nitrogens is 4. The van der Waals surface area contributed by atoms with E-state index >= 15 is 0 Å². The van der Waals surface area contributed by atoms with Crippen molar-refractivity contribution in [2.45, 2.75) is 26.2 Å². The van der Waals surface area contributed by atoms with Crippen LogP contribution in [0.3, 0.4) is 0 Å². The van der Waals surface area contributed by atoms with Crippen LogP contribution in [0.15, 0.2) is 36.8 Å². The summed E-state index contributed by atoms with van der Waals surface area (Å²) in [5, 5.41) is 1.12. The lowest BCUT2D eigenvalue weighted by Gasteiger charge is -2.08. The summed E-state index contributed by atoms with van der Waals surface area (Å²) in [7, 11) is 1.98. The standard InChI is InChI=1S/C17H15N5O.C3H6/c1-10-12-5-6-21(2)17(12)19-7-13(10)11-3-4-15-20-16(18)14(9-23)22(15)8-11;1-2-3-1/h3-9H,18H2,1-2H3;1-3H2. The molecule has 4 aromatic heterocycles. The zero-order chi connectivity index (χ0) is 18.3. The first kappa shape index (κ1) is 16.3. The Morgan fingerprint density at radius 2 is 1.96 bits per heavy atom. The fraction of sp³-hybridized carbons (Fsp3) is 0.250. The summed E-state index contributed by atoms with van der Waals surface area (Å²) in [6, 6.07) is 5.88. The zero-order valence-electron chi connectivity index (χ0n) is 14.9. The van der Waals surface area contributed by atoms with Crippen molar-refractivity contribution in [1.82, 2.24) is 18.9 Å². The van der Waals surface area contributed by atoms with Crippen LogP contribution >= 0.6 is 0 Å². The number of aldehydes is 1. The minimum Gasteiger partial charge on any atom is -0.382 e. The Labute approximate surface area is 151 Å². The molecule has 0 saturated heterocycles. The highest BCUT2D eigenvalue weighted by Gasteiger charge is 2.13. The van der Waals surface area contributed by atoms with E-state index in [1.807, 2.05) is 42.3 Å². The van der Waals surface area contributed by atoms with E-state index in [0.29, 0.717) is 11.3 Å². The van der Waals surface area contributed by atoms with Gasteiger partial charge < -0.3 is 10.3 Å². The lowest BCUT2D eigenvalue weighted by Crippen LogP contribution is -1.96. The van der Waals surface area contributed by atoms with Crippen LogP contribution in [0.25, 0.3) is 27.8 Å². The van der Waals surface area contributed by atoms with Gasteiger partial charge in [-0.1, -0.05) is 19.3 Å². The minimum atomic E-state index is 0.241. The van der Waals surface area contributed by atoms with Gasteiger partial charge in [-0.3, -0.25) is 9.20 Å². The number of aryl methyl sites for hydroxylation is 2. The molecule has 0 amide bonds. The molecule has 0 radical (unpaired) electrons. The molecule has 0 bridgehead atoms. The lowest BCUT2D eigenvalue weighted by molar-refractivity contribution is 0.111. The number of imidazole rings is 1. The molecule has 6 nitrogen and oxygen atoms in total. The topological polar surface area (TPSA) is 78.2 Å². The van der Waals surface area contributed by atoms with Gasteiger partial charge in [0.1, 0.15) is 17.0 Å². The number of fused-ring (bicyclic) bond motifs is 2. The number of nitrogens with two attached hydrogens (primary N) is 1. The molecule has 0 spiro atoms. The number of rotatable bonds is 2. The van der Waals surface area contributed by atoms with Crippen molar-refractivity contribution in [2.75, 3.05) is 5.73 Å². The fourth-order valence-electron chi connectivity index (χ4n) is 2.99. The van der Waals surface area contributed by atoms with Gasteiger partial charge in [0.25, 0.3) is 0 Å². The second kappa shape index (κ2) is 6.29. The van der Waals surface area contributed by atoms with Crippen LogP contribution in [-0.4, -0.2) is 25.2 Å². The first-order valence-electron chi connectivity index (χ1n) is 8.74. The summed E-state index contributed by atoms with van der Waals surface area (Å²) in [6.45, 7) is 2.08. The quantitative estimate of drug-likeness (QED) is 0.560. The first-order chi connectivity index (χ1) is 12.6. The Morgan fingerprint density at radius 3 is 2.65 bits per heavy atom. The van der Waals surface area contributed by atoms with Crippen LogP contribution in [0.2, 0.25) is 0 Å². The van der Waals surface area contributed by atoms with E-state index in [4.69, 9.17) is 5.73 Å². The Morgan fingerprint density at radius 1 is 1.19 bits per heavy atom. The third kappa shape index (κ3) is 2.73. The van der Waals surface area contributed by atoms with Crippen molar-refractivity contribution in [3.8, 4) is 11.1 Å². The average molecular weight is 347 g/mol. The molecule has 26 heavy (non-hydrogen) atoms. The maximum atomic E-state index is 11.2. The fourth-order valence-corrected chi connectivity index (χ4v) is 2.99. The molecular weight excluding hydrogens is 326 g/mol. The third-order valence-electron chi connectivity index (χ3n) is 4.62. The van der Waals surface area contributed by atoms with Gasteiger partial charge in [0.15, 0.2) is 12.1 Å². The van der Waals surface area contributed by atoms with Gasteiger partial charge in [0, 0.05) is 42.2 Å². The molecule has 6 heteroatoms. The second-order valence-corrected chi connectivity index (χ2v) is 6.67. The number of nitrogen functional groups attached to an aromatic ring is 1. The molecule has 4 heterocycles. The summed E-state index contributed by atoms with van der Waals surface area (Å²) < 4.78 is 3.71. The highest BCUT2D eigenvalue weighted by Crippen LogP contribution is 2.29. The van der Waals surface area contributed by atoms with Crippen LogP contribution in [0, 0.1) is 6.92 Å². The van der Waals surface area contributed by atoms with Crippen molar-refractivity contribution in [3.63, 3.8) is 0 Å². The second-order valence-electron chi connectivity index (χ2n) is 6.67. The molecule has 1 fully saturated rings. The minimum absolute atomic E-state index is 0.241. The van der Waals surface area contributed by atoms with E-state index in [1.165, 1.54) is 19.3 Å². The average Bonchev–Trinajstić information content (AvgIpc) is 3.42. The van der Waals surface area contributed by atoms with Gasteiger partial charge in [-0.15, -0.1) is 0 Å². The Balaban J connectivity index is 0.000000510. The van der Waals surface area contributed by atoms with Crippen molar-refractivity contribution >= 4 is 28.8 Å². The Hall–Kier alpha value is -3.15. The number of pyridine rings is 2. The predicted octanol–water partition coefficient (Wildman–Crippen LogP) is 3.76. The number of carbonyl (C=O) groups is 1. The van der Waals surface area contributed by atoms with Crippen molar-refractivity contribution in [1.29, 1.82) is 0 Å². The lowest BCUT2D eigenvalue weighted by atomic mass is 10.0. The van der Waals surface area contributed by atoms with E-state index in [-0.39, 0.29) is 5.82 Å². The molecule has 0 aromatic carbocycles. The van der Waals surface area contributed by atoms with Crippen LogP contribution < -0.4 is 5.73 Å². The van der Waals surface area contributed by atoms with Gasteiger partial charge in [-0.2, -0.15) is 0 Å². The molecule has 5 rings (SSSR count). The molecule has 4 aromatic rings. The summed E-state index contributed by atoms with van der Waals surface area (Å²) in [6.07, 6.45) is 11.0.